The fourth-order valence-corrected chi connectivity index (χ4v) is 5.46. The van der Waals surface area contributed by atoms with Crippen LogP contribution < -0.4 is 11.1 Å². The molecule has 0 aliphatic rings. The van der Waals surface area contributed by atoms with E-state index in [2.05, 4.69) is 10.2 Å². The van der Waals surface area contributed by atoms with E-state index in [0.717, 1.165) is 5.56 Å². The van der Waals surface area contributed by atoms with Gasteiger partial charge in [-0.1, -0.05) is 48.5 Å². The maximum atomic E-state index is 14.1. The second-order valence-electron chi connectivity index (χ2n) is 10.9. The van der Waals surface area contributed by atoms with Gasteiger partial charge in [-0.25, -0.2) is 14.2 Å². The minimum Gasteiger partial charge on any atom is -0.460 e. The number of furan rings is 1. The number of carbonyl (C=O) groups is 1. The number of rotatable bonds is 8. The third-order valence-corrected chi connectivity index (χ3v) is 7.50. The van der Waals surface area contributed by atoms with E-state index in [4.69, 9.17) is 9.15 Å². The SMILES string of the molecule is Cc1[nH]n(-c2ccccc2)c(=O)c1C(c1ccc(-c2ccc(C(=O)OC(C)C)cc2)o1)c1c(C)[nH]n(-c2ccccc2)c1=O. The average Bonchev–Trinajstić information content (AvgIpc) is 3.71. The van der Waals surface area contributed by atoms with Crippen molar-refractivity contribution in [2.75, 3.05) is 0 Å². The molecular formula is C35H32N4O5. The van der Waals surface area contributed by atoms with E-state index in [0.29, 0.717) is 51.0 Å². The second-order valence-corrected chi connectivity index (χ2v) is 10.9. The Balaban J connectivity index is 1.49. The minimum atomic E-state index is -0.813. The summed E-state index contributed by atoms with van der Waals surface area (Å²) < 4.78 is 14.7. The van der Waals surface area contributed by atoms with E-state index in [9.17, 15) is 14.4 Å². The van der Waals surface area contributed by atoms with E-state index in [1.54, 1.807) is 50.2 Å². The van der Waals surface area contributed by atoms with Crippen LogP contribution in [0.2, 0.25) is 0 Å². The highest BCUT2D eigenvalue weighted by atomic mass is 16.5. The van der Waals surface area contributed by atoms with Gasteiger partial charge in [0.15, 0.2) is 0 Å². The van der Waals surface area contributed by atoms with Crippen LogP contribution in [0.4, 0.5) is 0 Å². The lowest BCUT2D eigenvalue weighted by Crippen LogP contribution is -2.25. The van der Waals surface area contributed by atoms with Crippen LogP contribution >= 0.6 is 0 Å². The molecule has 9 heteroatoms. The van der Waals surface area contributed by atoms with Gasteiger partial charge in [-0.15, -0.1) is 0 Å². The topological polar surface area (TPSA) is 115 Å². The first-order valence-electron chi connectivity index (χ1n) is 14.4. The highest BCUT2D eigenvalue weighted by Crippen LogP contribution is 2.35. The van der Waals surface area contributed by atoms with Crippen molar-refractivity contribution < 1.29 is 13.9 Å². The molecule has 0 saturated carbocycles. The first-order valence-corrected chi connectivity index (χ1v) is 14.4. The predicted octanol–water partition coefficient (Wildman–Crippen LogP) is 6.27. The van der Waals surface area contributed by atoms with Gasteiger partial charge >= 0.3 is 5.97 Å². The van der Waals surface area contributed by atoms with Crippen LogP contribution in [0.25, 0.3) is 22.7 Å². The Kier molecular flexibility index (Phi) is 7.53. The van der Waals surface area contributed by atoms with Crippen LogP contribution in [-0.2, 0) is 4.74 Å². The van der Waals surface area contributed by atoms with Gasteiger partial charge in [0.2, 0.25) is 0 Å². The van der Waals surface area contributed by atoms with Gasteiger partial charge in [0.1, 0.15) is 11.5 Å². The molecule has 0 amide bonds. The molecule has 0 unspecified atom stereocenters. The summed E-state index contributed by atoms with van der Waals surface area (Å²) in [6, 6.07) is 29.1. The number of aryl methyl sites for hydroxylation is 2. The molecule has 0 saturated heterocycles. The summed E-state index contributed by atoms with van der Waals surface area (Å²) in [6.45, 7) is 7.24. The summed E-state index contributed by atoms with van der Waals surface area (Å²) in [5, 5.41) is 6.39. The number of H-pyrrole nitrogens is 2. The number of benzene rings is 3. The Bertz CT molecular complexity index is 1940. The first-order chi connectivity index (χ1) is 21.2. The largest absolute Gasteiger partial charge is 0.460 e. The molecule has 0 aliphatic carbocycles. The normalized spacial score (nSPS) is 11.4. The molecule has 9 nitrogen and oxygen atoms in total. The molecule has 0 aliphatic heterocycles. The summed E-state index contributed by atoms with van der Waals surface area (Å²) in [5.41, 5.74) is 3.98. The fourth-order valence-electron chi connectivity index (χ4n) is 5.46. The van der Waals surface area contributed by atoms with Crippen molar-refractivity contribution in [2.24, 2.45) is 0 Å². The Morgan fingerprint density at radius 2 is 1.20 bits per heavy atom. The number of hydrogen-bond donors (Lipinski definition) is 2. The van der Waals surface area contributed by atoms with E-state index < -0.39 is 11.9 Å². The number of ether oxygens (including phenoxy) is 1. The lowest BCUT2D eigenvalue weighted by molar-refractivity contribution is 0.0378. The maximum absolute atomic E-state index is 14.1. The second kappa shape index (κ2) is 11.6. The highest BCUT2D eigenvalue weighted by Gasteiger charge is 2.33. The van der Waals surface area contributed by atoms with Crippen LogP contribution in [0.5, 0.6) is 0 Å². The van der Waals surface area contributed by atoms with Crippen LogP contribution in [0.15, 0.2) is 111 Å². The molecule has 0 bridgehead atoms. The molecule has 3 aromatic heterocycles. The summed E-state index contributed by atoms with van der Waals surface area (Å²) in [6.07, 6.45) is -0.224. The van der Waals surface area contributed by atoms with Gasteiger partial charge in [0.25, 0.3) is 11.1 Å². The highest BCUT2D eigenvalue weighted by molar-refractivity contribution is 5.90. The van der Waals surface area contributed by atoms with E-state index in [1.807, 2.05) is 74.5 Å². The van der Waals surface area contributed by atoms with Crippen LogP contribution in [0, 0.1) is 13.8 Å². The first kappa shape index (κ1) is 28.5. The van der Waals surface area contributed by atoms with Crippen LogP contribution in [-0.4, -0.2) is 31.6 Å². The van der Waals surface area contributed by atoms with Crippen molar-refractivity contribution in [1.29, 1.82) is 0 Å². The number of esters is 1. The van der Waals surface area contributed by atoms with Crippen molar-refractivity contribution in [3.8, 4) is 22.7 Å². The van der Waals surface area contributed by atoms with Crippen molar-refractivity contribution in [3.05, 3.63) is 152 Å². The lowest BCUT2D eigenvalue weighted by Gasteiger charge is -2.13. The zero-order valence-electron chi connectivity index (χ0n) is 24.8. The van der Waals surface area contributed by atoms with E-state index in [-0.39, 0.29) is 17.2 Å². The Morgan fingerprint density at radius 1 is 0.705 bits per heavy atom. The quantitative estimate of drug-likeness (QED) is 0.204. The van der Waals surface area contributed by atoms with Crippen molar-refractivity contribution in [3.63, 3.8) is 0 Å². The number of nitrogens with one attached hydrogen (secondary N) is 2. The summed E-state index contributed by atoms with van der Waals surface area (Å²) in [7, 11) is 0. The molecule has 3 heterocycles. The molecular weight excluding hydrogens is 556 g/mol. The molecule has 222 valence electrons. The lowest BCUT2D eigenvalue weighted by atomic mass is 9.89. The molecule has 0 spiro atoms. The van der Waals surface area contributed by atoms with Gasteiger partial charge in [-0.3, -0.25) is 19.8 Å². The molecule has 3 aromatic carbocycles. The third-order valence-electron chi connectivity index (χ3n) is 7.50. The smallest absolute Gasteiger partial charge is 0.338 e. The van der Waals surface area contributed by atoms with Gasteiger partial charge in [0.05, 0.1) is 40.1 Å². The number of hydrogen-bond acceptors (Lipinski definition) is 5. The maximum Gasteiger partial charge on any atom is 0.338 e. The van der Waals surface area contributed by atoms with Gasteiger partial charge in [-0.2, -0.15) is 0 Å². The van der Waals surface area contributed by atoms with Gasteiger partial charge < -0.3 is 9.15 Å². The number of para-hydroxylation sites is 2. The van der Waals surface area contributed by atoms with Gasteiger partial charge in [0, 0.05) is 17.0 Å². The van der Waals surface area contributed by atoms with Crippen molar-refractivity contribution in [2.45, 2.75) is 39.7 Å². The zero-order valence-corrected chi connectivity index (χ0v) is 24.8. The molecule has 0 atom stereocenters. The summed E-state index contributed by atoms with van der Waals surface area (Å²) in [5.74, 6) is -0.252. The van der Waals surface area contributed by atoms with Crippen LogP contribution in [0.1, 0.15) is 58.4 Å². The van der Waals surface area contributed by atoms with Crippen LogP contribution in [0.3, 0.4) is 0 Å². The molecule has 2 N–H and O–H groups in total. The minimum absolute atomic E-state index is 0.224. The average molecular weight is 589 g/mol. The molecule has 6 rings (SSSR count). The molecule has 6 aromatic rings. The molecule has 0 radical (unpaired) electrons. The Labute approximate surface area is 253 Å². The van der Waals surface area contributed by atoms with Gasteiger partial charge in [-0.05, 0) is 76.2 Å². The number of nitrogens with zero attached hydrogens (tertiary/aromatic N) is 2. The summed E-state index contributed by atoms with van der Waals surface area (Å²) >= 11 is 0. The third kappa shape index (κ3) is 5.24. The number of carbonyl (C=O) groups excluding carboxylic acids is 1. The zero-order chi connectivity index (χ0) is 31.0. The monoisotopic (exact) mass is 588 g/mol. The standard InChI is InChI=1S/C35H32N4O5/c1-21(2)43-35(42)25-17-15-24(16-18-25)28-19-20-29(44-28)32(30-22(3)36-38(33(30)40)26-11-7-5-8-12-26)31-23(4)37-39(34(31)41)27-13-9-6-10-14-27/h5-21,32,36-37H,1-4H3. The molecule has 44 heavy (non-hydrogen) atoms. The van der Waals surface area contributed by atoms with Crippen molar-refractivity contribution >= 4 is 5.97 Å². The Hall–Kier alpha value is -5.57. The van der Waals surface area contributed by atoms with E-state index >= 15 is 0 Å². The number of aromatic amines is 2. The number of aromatic nitrogens is 4. The van der Waals surface area contributed by atoms with E-state index in [1.165, 1.54) is 9.36 Å². The Morgan fingerprint density at radius 3 is 1.68 bits per heavy atom. The summed E-state index contributed by atoms with van der Waals surface area (Å²) in [4.78, 5) is 40.5. The predicted molar refractivity (Wildman–Crippen MR) is 168 cm³/mol. The van der Waals surface area contributed by atoms with Crippen molar-refractivity contribution in [1.82, 2.24) is 19.6 Å². The molecule has 0 fully saturated rings. The fraction of sp³-hybridized carbons (Fsp3) is 0.171.